The average molecular weight is 192 g/mol. The highest BCUT2D eigenvalue weighted by Gasteiger charge is 2.02. The van der Waals surface area contributed by atoms with Gasteiger partial charge < -0.3 is 4.74 Å². The Labute approximate surface area is 81.3 Å². The second kappa shape index (κ2) is 4.43. The molecule has 0 saturated carbocycles. The summed E-state index contributed by atoms with van der Waals surface area (Å²) in [4.78, 5) is 10.3. The van der Waals surface area contributed by atoms with Gasteiger partial charge in [0.05, 0.1) is 11.6 Å². The Kier molecular flexibility index (Phi) is 3.23. The molecular weight excluding hydrogens is 186 g/mol. The highest BCUT2D eigenvalue weighted by atomic mass is 32.1. The van der Waals surface area contributed by atoms with Crippen molar-refractivity contribution in [3.05, 3.63) is 35.4 Å². The predicted octanol–water partition coefficient (Wildman–Crippen LogP) is 2.39. The van der Waals surface area contributed by atoms with Crippen LogP contribution in [0.1, 0.15) is 11.1 Å². The zero-order valence-corrected chi connectivity index (χ0v) is 7.50. The Morgan fingerprint density at radius 3 is 2.85 bits per heavy atom. The van der Waals surface area contributed by atoms with E-state index in [0.29, 0.717) is 11.1 Å². The third-order valence-electron chi connectivity index (χ3n) is 1.48. The molecule has 0 bridgehead atoms. The summed E-state index contributed by atoms with van der Waals surface area (Å²) in [6, 6.07) is 8.89. The van der Waals surface area contributed by atoms with E-state index in [-0.39, 0.29) is 6.61 Å². The minimum absolute atomic E-state index is 0.0616. The zero-order valence-electron chi connectivity index (χ0n) is 6.69. The van der Waals surface area contributed by atoms with Gasteiger partial charge in [0.25, 0.3) is 0 Å². The molecule has 3 nitrogen and oxygen atoms in total. The zero-order chi connectivity index (χ0) is 9.68. The van der Waals surface area contributed by atoms with Gasteiger partial charge in [-0.2, -0.15) is 5.26 Å². The highest BCUT2D eigenvalue weighted by molar-refractivity contribution is 7.96. The molecule has 0 amide bonds. The van der Waals surface area contributed by atoms with Crippen LogP contribution in [0.5, 0.6) is 0 Å². The third kappa shape index (κ3) is 2.73. The van der Waals surface area contributed by atoms with E-state index >= 15 is 0 Å². The Balaban J connectivity index is 2.77. The van der Waals surface area contributed by atoms with Crippen LogP contribution in [0.25, 0.3) is 0 Å². The first kappa shape index (κ1) is 9.49. The number of hydrogen-bond acceptors (Lipinski definition) is 3. The molecule has 0 unspecified atom stereocenters. The Hall–Kier alpha value is -1.60. The maximum atomic E-state index is 10.3. The maximum absolute atomic E-state index is 10.3. The summed E-state index contributed by atoms with van der Waals surface area (Å²) >= 11 is 4.21. The summed E-state index contributed by atoms with van der Waals surface area (Å²) in [5.41, 5.74) is 1.17. The summed E-state index contributed by atoms with van der Waals surface area (Å²) in [6.45, 7) is 0.0616. The van der Waals surface area contributed by atoms with Gasteiger partial charge in [-0.15, -0.1) is 0 Å². The monoisotopic (exact) mass is 192 g/mol. The molecule has 4 heteroatoms. The van der Waals surface area contributed by atoms with Crippen LogP contribution in [-0.2, 0) is 11.3 Å². The first-order chi connectivity index (χ1) is 6.24. The Morgan fingerprint density at radius 2 is 2.23 bits per heavy atom. The van der Waals surface area contributed by atoms with E-state index in [0.717, 1.165) is 0 Å². The summed E-state index contributed by atoms with van der Waals surface area (Å²) in [7, 11) is 0. The fraction of sp³-hybridized carbons (Fsp3) is 0.111. The lowest BCUT2D eigenvalue weighted by atomic mass is 10.1. The Bertz CT molecular complexity index is 357. The van der Waals surface area contributed by atoms with E-state index in [1.54, 1.807) is 24.3 Å². The van der Waals surface area contributed by atoms with Crippen LogP contribution >= 0.6 is 12.6 Å². The van der Waals surface area contributed by atoms with E-state index in [4.69, 9.17) is 5.26 Å². The molecule has 1 radical (unpaired) electrons. The number of rotatable bonds is 2. The second-order valence-corrected chi connectivity index (χ2v) is 2.64. The smallest absolute Gasteiger partial charge is 0.400 e. The van der Waals surface area contributed by atoms with Crippen molar-refractivity contribution >= 4 is 17.9 Å². The average Bonchev–Trinajstić information content (AvgIpc) is 2.15. The molecule has 0 spiro atoms. The molecule has 0 saturated heterocycles. The molecule has 0 heterocycles. The fourth-order valence-corrected chi connectivity index (χ4v) is 0.951. The van der Waals surface area contributed by atoms with Gasteiger partial charge >= 0.3 is 5.30 Å². The number of benzene rings is 1. The summed E-state index contributed by atoms with van der Waals surface area (Å²) in [5, 5.41) is 7.91. The molecule has 0 fully saturated rings. The fourth-order valence-electron chi connectivity index (χ4n) is 0.892. The van der Waals surface area contributed by atoms with Gasteiger partial charge in [-0.3, -0.25) is 0 Å². The van der Waals surface area contributed by atoms with Crippen LogP contribution in [0.4, 0.5) is 4.79 Å². The number of carbonyl (C=O) groups is 1. The van der Waals surface area contributed by atoms with Crippen molar-refractivity contribution in [1.82, 2.24) is 0 Å². The van der Waals surface area contributed by atoms with Crippen molar-refractivity contribution in [2.24, 2.45) is 0 Å². The van der Waals surface area contributed by atoms with Crippen LogP contribution in [-0.4, -0.2) is 5.30 Å². The van der Waals surface area contributed by atoms with Gasteiger partial charge in [0, 0.05) is 18.2 Å². The summed E-state index contributed by atoms with van der Waals surface area (Å²) in [5.74, 6) is 0. The van der Waals surface area contributed by atoms with E-state index < -0.39 is 5.30 Å². The first-order valence-corrected chi connectivity index (χ1v) is 3.96. The quantitative estimate of drug-likeness (QED) is 0.676. The van der Waals surface area contributed by atoms with Crippen molar-refractivity contribution in [2.75, 3.05) is 0 Å². The lowest BCUT2D eigenvalue weighted by molar-refractivity contribution is 0.169. The molecular formula is C9H6NO2S. The van der Waals surface area contributed by atoms with Crippen molar-refractivity contribution in [3.8, 4) is 6.07 Å². The first-order valence-electron chi connectivity index (χ1n) is 3.56. The van der Waals surface area contributed by atoms with Gasteiger partial charge in [-0.25, -0.2) is 4.79 Å². The van der Waals surface area contributed by atoms with E-state index in [1.807, 2.05) is 6.07 Å². The third-order valence-corrected chi connectivity index (χ3v) is 1.60. The lowest BCUT2D eigenvalue weighted by Gasteiger charge is -2.01. The van der Waals surface area contributed by atoms with Crippen molar-refractivity contribution in [2.45, 2.75) is 6.61 Å². The van der Waals surface area contributed by atoms with Gasteiger partial charge in [-0.1, -0.05) is 18.2 Å². The van der Waals surface area contributed by atoms with Crippen molar-refractivity contribution in [1.29, 1.82) is 5.26 Å². The number of ether oxygens (including phenoxy) is 1. The largest absolute Gasteiger partial charge is 0.449 e. The SMILES string of the molecule is N#Cc1ccccc1COC(=O)[S]. The number of hydrogen-bond donors (Lipinski definition) is 0. The maximum Gasteiger partial charge on any atom is 0.400 e. The van der Waals surface area contributed by atoms with Gasteiger partial charge in [0.1, 0.15) is 6.61 Å². The molecule has 1 aromatic carbocycles. The second-order valence-electron chi connectivity index (χ2n) is 2.31. The van der Waals surface area contributed by atoms with Crippen LogP contribution in [0, 0.1) is 11.3 Å². The standard InChI is InChI=1S/C9H6NO2S/c10-5-7-3-1-2-4-8(7)6-12-9(11)13/h1-4H,6H2. The lowest BCUT2D eigenvalue weighted by Crippen LogP contribution is -1.97. The molecule has 0 aliphatic heterocycles. The molecule has 13 heavy (non-hydrogen) atoms. The van der Waals surface area contributed by atoms with E-state index in [2.05, 4.69) is 17.4 Å². The summed E-state index contributed by atoms with van der Waals surface area (Å²) < 4.78 is 4.60. The molecule has 0 aromatic heterocycles. The molecule has 0 atom stereocenters. The van der Waals surface area contributed by atoms with Crippen molar-refractivity contribution in [3.63, 3.8) is 0 Å². The highest BCUT2D eigenvalue weighted by Crippen LogP contribution is 2.09. The summed E-state index contributed by atoms with van der Waals surface area (Å²) in [6.07, 6.45) is 0. The topological polar surface area (TPSA) is 50.1 Å². The normalized spacial score (nSPS) is 8.85. The van der Waals surface area contributed by atoms with E-state index in [9.17, 15) is 4.79 Å². The number of nitrogens with zero attached hydrogens (tertiary/aromatic N) is 1. The van der Waals surface area contributed by atoms with Crippen LogP contribution in [0.3, 0.4) is 0 Å². The molecule has 1 aromatic rings. The molecule has 65 valence electrons. The minimum atomic E-state index is -0.757. The predicted molar refractivity (Wildman–Crippen MR) is 48.9 cm³/mol. The Morgan fingerprint density at radius 1 is 1.54 bits per heavy atom. The van der Waals surface area contributed by atoms with Gasteiger partial charge in [0.15, 0.2) is 0 Å². The van der Waals surface area contributed by atoms with Gasteiger partial charge in [-0.05, 0) is 6.07 Å². The van der Waals surface area contributed by atoms with Crippen LogP contribution in [0.2, 0.25) is 0 Å². The number of nitriles is 1. The van der Waals surface area contributed by atoms with Gasteiger partial charge in [0.2, 0.25) is 0 Å². The number of carbonyl (C=O) groups excluding carboxylic acids is 1. The minimum Gasteiger partial charge on any atom is -0.449 e. The molecule has 0 aliphatic rings. The van der Waals surface area contributed by atoms with Crippen LogP contribution < -0.4 is 0 Å². The molecule has 1 rings (SSSR count). The van der Waals surface area contributed by atoms with Crippen LogP contribution in [0.15, 0.2) is 24.3 Å². The van der Waals surface area contributed by atoms with E-state index in [1.165, 1.54) is 0 Å². The molecule has 0 N–H and O–H groups in total. The molecule has 0 aliphatic carbocycles. The van der Waals surface area contributed by atoms with Crippen molar-refractivity contribution < 1.29 is 9.53 Å².